The first-order valence-corrected chi connectivity index (χ1v) is 13.4. The molecule has 38 heavy (non-hydrogen) atoms. The van der Waals surface area contributed by atoms with Crippen LogP contribution in [0.3, 0.4) is 0 Å². The molecule has 0 saturated carbocycles. The minimum absolute atomic E-state index is 0.0569. The highest BCUT2D eigenvalue weighted by Crippen LogP contribution is 2.34. The van der Waals surface area contributed by atoms with Gasteiger partial charge in [0, 0.05) is 11.6 Å². The molecule has 0 unspecified atom stereocenters. The number of nitrogens with one attached hydrogen (secondary N) is 1. The van der Waals surface area contributed by atoms with Gasteiger partial charge >= 0.3 is 0 Å². The molecule has 1 heterocycles. The summed E-state index contributed by atoms with van der Waals surface area (Å²) in [5, 5.41) is 3.09. The van der Waals surface area contributed by atoms with Gasteiger partial charge in [0.1, 0.15) is 18.2 Å². The minimum atomic E-state index is -4.13. The van der Waals surface area contributed by atoms with E-state index in [0.29, 0.717) is 21.9 Å². The Labute approximate surface area is 224 Å². The van der Waals surface area contributed by atoms with Crippen LogP contribution in [-0.4, -0.2) is 38.6 Å². The van der Waals surface area contributed by atoms with E-state index in [-0.39, 0.29) is 25.4 Å². The standard InChI is InChI=1S/C27H23ClFN3O5S/c1-2-11-37-20-9-5-17(6-10-20)14-31-26(33)21-12-24-25(13-22(21)29)38(35,36)16-23(30)27(34)32(24)15-18-3-7-19(28)8-4-18/h1,3-10,12-13,23H,11,14-16,30H2,(H,31,33)/t23-/m0/s1. The van der Waals surface area contributed by atoms with E-state index in [4.69, 9.17) is 28.5 Å². The molecule has 2 amide bonds. The van der Waals surface area contributed by atoms with Crippen molar-refractivity contribution in [2.45, 2.75) is 24.0 Å². The maximum atomic E-state index is 15.1. The fourth-order valence-electron chi connectivity index (χ4n) is 3.94. The van der Waals surface area contributed by atoms with Crippen LogP contribution in [0.2, 0.25) is 5.02 Å². The number of nitrogens with two attached hydrogens (primary N) is 1. The second kappa shape index (κ2) is 11.2. The molecule has 1 aliphatic heterocycles. The zero-order valence-electron chi connectivity index (χ0n) is 20.0. The molecule has 3 N–H and O–H groups in total. The third-order valence-electron chi connectivity index (χ3n) is 5.85. The van der Waals surface area contributed by atoms with Gasteiger partial charge in [-0.15, -0.1) is 6.42 Å². The van der Waals surface area contributed by atoms with E-state index in [1.54, 1.807) is 48.5 Å². The number of ether oxygens (including phenoxy) is 1. The molecule has 0 radical (unpaired) electrons. The summed E-state index contributed by atoms with van der Waals surface area (Å²) in [7, 11) is -4.13. The van der Waals surface area contributed by atoms with E-state index in [9.17, 15) is 18.0 Å². The van der Waals surface area contributed by atoms with E-state index in [0.717, 1.165) is 17.0 Å². The van der Waals surface area contributed by atoms with Gasteiger partial charge < -0.3 is 20.7 Å². The Bertz CT molecular complexity index is 1520. The molecule has 0 aromatic heterocycles. The van der Waals surface area contributed by atoms with Crippen LogP contribution in [0.25, 0.3) is 0 Å². The maximum absolute atomic E-state index is 15.1. The topological polar surface area (TPSA) is 119 Å². The van der Waals surface area contributed by atoms with Crippen LogP contribution in [0.1, 0.15) is 21.5 Å². The van der Waals surface area contributed by atoms with Crippen LogP contribution in [0.15, 0.2) is 65.6 Å². The molecular weight excluding hydrogens is 533 g/mol. The summed E-state index contributed by atoms with van der Waals surface area (Å²) < 4.78 is 46.3. The number of terminal acetylenes is 1. The highest BCUT2D eigenvalue weighted by Gasteiger charge is 2.37. The Morgan fingerprint density at radius 2 is 1.82 bits per heavy atom. The summed E-state index contributed by atoms with van der Waals surface area (Å²) in [4.78, 5) is 26.8. The van der Waals surface area contributed by atoms with Gasteiger partial charge in [-0.3, -0.25) is 9.59 Å². The van der Waals surface area contributed by atoms with Gasteiger partial charge in [0.05, 0.1) is 34.5 Å². The van der Waals surface area contributed by atoms with Gasteiger partial charge in [-0.25, -0.2) is 12.8 Å². The number of carbonyl (C=O) groups excluding carboxylic acids is 2. The first-order valence-electron chi connectivity index (χ1n) is 11.4. The monoisotopic (exact) mass is 555 g/mol. The minimum Gasteiger partial charge on any atom is -0.481 e. The normalized spacial score (nSPS) is 16.2. The summed E-state index contributed by atoms with van der Waals surface area (Å²) in [5.74, 6) is -0.285. The lowest BCUT2D eigenvalue weighted by Crippen LogP contribution is -2.45. The number of amides is 2. The average Bonchev–Trinajstić information content (AvgIpc) is 2.96. The first kappa shape index (κ1) is 27.1. The van der Waals surface area contributed by atoms with Crippen molar-refractivity contribution in [3.8, 4) is 18.1 Å². The van der Waals surface area contributed by atoms with Crippen LogP contribution >= 0.6 is 11.6 Å². The Balaban J connectivity index is 1.65. The van der Waals surface area contributed by atoms with Crippen LogP contribution in [0.5, 0.6) is 5.75 Å². The van der Waals surface area contributed by atoms with Crippen molar-refractivity contribution in [3.63, 3.8) is 0 Å². The second-order valence-electron chi connectivity index (χ2n) is 8.56. The molecule has 0 saturated heterocycles. The largest absolute Gasteiger partial charge is 0.481 e. The lowest BCUT2D eigenvalue weighted by molar-refractivity contribution is -0.119. The third kappa shape index (κ3) is 5.97. The zero-order chi connectivity index (χ0) is 27.4. The van der Waals surface area contributed by atoms with E-state index >= 15 is 4.39 Å². The molecular formula is C27H23ClFN3O5S. The number of halogens is 2. The summed E-state index contributed by atoms with van der Waals surface area (Å²) in [5.41, 5.74) is 6.69. The molecule has 0 fully saturated rings. The fourth-order valence-corrected chi connectivity index (χ4v) is 5.63. The van der Waals surface area contributed by atoms with Crippen LogP contribution in [0, 0.1) is 18.2 Å². The molecule has 3 aromatic rings. The maximum Gasteiger partial charge on any atom is 0.254 e. The number of hydrogen-bond donors (Lipinski definition) is 2. The van der Waals surface area contributed by atoms with Crippen molar-refractivity contribution in [2.24, 2.45) is 5.73 Å². The number of carbonyl (C=O) groups is 2. The Kier molecular flexibility index (Phi) is 8.02. The highest BCUT2D eigenvalue weighted by molar-refractivity contribution is 7.91. The van der Waals surface area contributed by atoms with Crippen molar-refractivity contribution < 1.29 is 27.1 Å². The molecule has 3 aromatic carbocycles. The van der Waals surface area contributed by atoms with Crippen molar-refractivity contribution in [2.75, 3.05) is 17.3 Å². The molecule has 1 atom stereocenters. The van der Waals surface area contributed by atoms with Crippen LogP contribution in [0.4, 0.5) is 10.1 Å². The Morgan fingerprint density at radius 3 is 2.47 bits per heavy atom. The Morgan fingerprint density at radius 1 is 1.16 bits per heavy atom. The number of rotatable bonds is 7. The van der Waals surface area contributed by atoms with E-state index in [1.165, 1.54) is 0 Å². The number of hydrogen-bond acceptors (Lipinski definition) is 6. The quantitative estimate of drug-likeness (QED) is 0.433. The molecule has 196 valence electrons. The Hall–Kier alpha value is -3.91. The van der Waals surface area contributed by atoms with Gasteiger partial charge in [-0.1, -0.05) is 41.8 Å². The highest BCUT2D eigenvalue weighted by atomic mass is 35.5. The van der Waals surface area contributed by atoms with Gasteiger partial charge in [0.15, 0.2) is 9.84 Å². The van der Waals surface area contributed by atoms with Crippen LogP contribution in [-0.2, 0) is 27.7 Å². The number of fused-ring (bicyclic) bond motifs is 1. The number of nitrogens with zero attached hydrogens (tertiary/aromatic N) is 1. The predicted molar refractivity (Wildman–Crippen MR) is 141 cm³/mol. The van der Waals surface area contributed by atoms with Crippen LogP contribution < -0.4 is 20.7 Å². The zero-order valence-corrected chi connectivity index (χ0v) is 21.6. The van der Waals surface area contributed by atoms with Crippen molar-refractivity contribution >= 4 is 38.9 Å². The second-order valence-corrected chi connectivity index (χ2v) is 11.0. The van der Waals surface area contributed by atoms with E-state index in [1.807, 2.05) is 0 Å². The molecule has 0 bridgehead atoms. The smallest absolute Gasteiger partial charge is 0.254 e. The van der Waals surface area contributed by atoms with Gasteiger partial charge in [-0.05, 0) is 47.5 Å². The summed E-state index contributed by atoms with van der Waals surface area (Å²) in [6, 6.07) is 13.8. The molecule has 11 heteroatoms. The predicted octanol–water partition coefficient (Wildman–Crippen LogP) is 3.07. The lowest BCUT2D eigenvalue weighted by Gasteiger charge is -2.25. The lowest BCUT2D eigenvalue weighted by atomic mass is 10.1. The average molecular weight is 556 g/mol. The fraction of sp³-hybridized carbons (Fsp3) is 0.185. The van der Waals surface area contributed by atoms with Crippen molar-refractivity contribution in [3.05, 3.63) is 88.2 Å². The molecule has 4 rings (SSSR count). The number of anilines is 1. The van der Waals surface area contributed by atoms with E-state index < -0.39 is 49.7 Å². The third-order valence-corrected chi connectivity index (χ3v) is 7.90. The van der Waals surface area contributed by atoms with Gasteiger partial charge in [0.25, 0.3) is 5.91 Å². The SMILES string of the molecule is C#CCOc1ccc(CNC(=O)c2cc3c(cc2F)S(=O)(=O)C[C@H](N)C(=O)N3Cc2ccc(Cl)cc2)cc1. The molecule has 1 aliphatic rings. The number of benzene rings is 3. The van der Waals surface area contributed by atoms with Crippen molar-refractivity contribution in [1.82, 2.24) is 5.32 Å². The summed E-state index contributed by atoms with van der Waals surface area (Å²) >= 11 is 5.95. The van der Waals surface area contributed by atoms with E-state index in [2.05, 4.69) is 11.2 Å². The summed E-state index contributed by atoms with van der Waals surface area (Å²) in [6.07, 6.45) is 5.17. The van der Waals surface area contributed by atoms with Gasteiger partial charge in [0.2, 0.25) is 5.91 Å². The molecule has 0 aliphatic carbocycles. The summed E-state index contributed by atoms with van der Waals surface area (Å²) in [6.45, 7) is 0.111. The van der Waals surface area contributed by atoms with Crippen molar-refractivity contribution in [1.29, 1.82) is 0 Å². The first-order chi connectivity index (χ1) is 18.1. The van der Waals surface area contributed by atoms with Gasteiger partial charge in [-0.2, -0.15) is 0 Å². The number of sulfone groups is 1. The molecule has 8 nitrogen and oxygen atoms in total. The molecule has 0 spiro atoms.